The molecule has 11 nitrogen and oxygen atoms in total. The fourth-order valence-corrected chi connectivity index (χ4v) is 7.78. The number of benzene rings is 1. The van der Waals surface area contributed by atoms with Crippen molar-refractivity contribution < 1.29 is 33.7 Å². The van der Waals surface area contributed by atoms with E-state index >= 15 is 0 Å². The first-order chi connectivity index (χ1) is 21.7. The molecule has 0 aromatic heterocycles. The summed E-state index contributed by atoms with van der Waals surface area (Å²) in [5.41, 5.74) is -1.39. The molecular weight excluding hydrogens is 576 g/mol. The standard InChI is InChI=1S/C34H48N4O7/c1-5-15-36(19-18-35-20-23-43-24-21-35)32(42)29-34-14-13-33(4,45-34)27(28(34)31(41)38(29)17-8-22-39)30(40)37(16-6-2)25-9-11-26(12-10-25)44-7-3/h5-6,9-12,27-29,39H,1-2,7-8,13-24H2,3-4H3/t27-,28+,29?,33+,34?/m1/s1. The Morgan fingerprint density at radius 2 is 1.80 bits per heavy atom. The molecule has 1 aromatic rings. The lowest BCUT2D eigenvalue weighted by Crippen LogP contribution is -2.57. The van der Waals surface area contributed by atoms with Gasteiger partial charge >= 0.3 is 0 Å². The second kappa shape index (κ2) is 14.0. The summed E-state index contributed by atoms with van der Waals surface area (Å²) in [6, 6.07) is 6.40. The summed E-state index contributed by atoms with van der Waals surface area (Å²) in [5.74, 6) is -1.61. The Bertz CT molecular complexity index is 1250. The van der Waals surface area contributed by atoms with Crippen molar-refractivity contribution in [2.45, 2.75) is 50.4 Å². The number of rotatable bonds is 15. The van der Waals surface area contributed by atoms with Crippen LogP contribution in [0.3, 0.4) is 0 Å². The number of carbonyl (C=O) groups excluding carboxylic acids is 3. The van der Waals surface area contributed by atoms with E-state index in [0.29, 0.717) is 70.2 Å². The number of carbonyl (C=O) groups is 3. The largest absolute Gasteiger partial charge is 0.494 e. The SMILES string of the molecule is C=CCN(CCN1CCOCC1)C(=O)C1N(CCCO)C(=O)[C@@H]2[C@H](C(=O)N(CC=C)c3ccc(OCC)cc3)[C@]3(C)CCC12O3. The molecule has 45 heavy (non-hydrogen) atoms. The molecule has 246 valence electrons. The van der Waals surface area contributed by atoms with Crippen LogP contribution in [0.5, 0.6) is 5.75 Å². The molecule has 1 spiro atoms. The molecule has 1 aromatic carbocycles. The van der Waals surface area contributed by atoms with Crippen LogP contribution in [0.15, 0.2) is 49.6 Å². The maximum atomic E-state index is 14.6. The third-order valence-electron chi connectivity index (χ3n) is 9.82. The summed E-state index contributed by atoms with van der Waals surface area (Å²) in [6.45, 7) is 16.8. The number of aliphatic hydroxyl groups is 1. The van der Waals surface area contributed by atoms with Crippen LogP contribution in [0.4, 0.5) is 5.69 Å². The van der Waals surface area contributed by atoms with Gasteiger partial charge in [0.1, 0.15) is 17.4 Å². The van der Waals surface area contributed by atoms with E-state index < -0.39 is 29.1 Å². The van der Waals surface area contributed by atoms with E-state index in [-0.39, 0.29) is 37.4 Å². The predicted octanol–water partition coefficient (Wildman–Crippen LogP) is 2.10. The molecular formula is C34H48N4O7. The number of likely N-dealkylation sites (tertiary alicyclic amines) is 1. The highest BCUT2D eigenvalue weighted by atomic mass is 16.5. The molecule has 11 heteroatoms. The quantitative estimate of drug-likeness (QED) is 0.296. The average Bonchev–Trinajstić information content (AvgIpc) is 3.61. The van der Waals surface area contributed by atoms with E-state index in [4.69, 9.17) is 14.2 Å². The lowest BCUT2D eigenvalue weighted by Gasteiger charge is -2.37. The molecule has 0 radical (unpaired) electrons. The van der Waals surface area contributed by atoms with Gasteiger partial charge in [0.2, 0.25) is 17.7 Å². The van der Waals surface area contributed by atoms with Crippen molar-refractivity contribution >= 4 is 23.4 Å². The summed E-state index contributed by atoms with van der Waals surface area (Å²) < 4.78 is 17.9. The number of hydrogen-bond acceptors (Lipinski definition) is 8. The van der Waals surface area contributed by atoms with Gasteiger partial charge in [-0.15, -0.1) is 13.2 Å². The van der Waals surface area contributed by atoms with Gasteiger partial charge in [-0.2, -0.15) is 0 Å². The normalized spacial score (nSPS) is 29.0. The Morgan fingerprint density at radius 3 is 2.44 bits per heavy atom. The molecule has 1 N–H and O–H groups in total. The minimum atomic E-state index is -1.14. The van der Waals surface area contributed by atoms with Crippen molar-refractivity contribution in [3.8, 4) is 5.75 Å². The molecule has 4 saturated heterocycles. The zero-order chi connectivity index (χ0) is 32.2. The van der Waals surface area contributed by atoms with Gasteiger partial charge in [-0.05, 0) is 57.4 Å². The van der Waals surface area contributed by atoms with E-state index in [1.165, 1.54) is 0 Å². The summed E-state index contributed by atoms with van der Waals surface area (Å²) in [5, 5.41) is 9.71. The van der Waals surface area contributed by atoms with Crippen LogP contribution in [0.1, 0.15) is 33.1 Å². The second-order valence-corrected chi connectivity index (χ2v) is 12.5. The molecule has 2 bridgehead atoms. The Morgan fingerprint density at radius 1 is 1.09 bits per heavy atom. The topological polar surface area (TPSA) is 112 Å². The van der Waals surface area contributed by atoms with Crippen molar-refractivity contribution in [2.75, 3.05) is 77.1 Å². The summed E-state index contributed by atoms with van der Waals surface area (Å²) in [7, 11) is 0. The first kappa shape index (κ1) is 33.1. The fourth-order valence-electron chi connectivity index (χ4n) is 7.78. The average molecular weight is 625 g/mol. The molecule has 4 heterocycles. The number of hydrogen-bond donors (Lipinski definition) is 1. The van der Waals surface area contributed by atoms with Crippen LogP contribution >= 0.6 is 0 Å². The number of anilines is 1. The first-order valence-corrected chi connectivity index (χ1v) is 16.2. The smallest absolute Gasteiger partial charge is 0.248 e. The van der Waals surface area contributed by atoms with Gasteiger partial charge in [-0.3, -0.25) is 19.3 Å². The maximum absolute atomic E-state index is 14.6. The van der Waals surface area contributed by atoms with Gasteiger partial charge in [0.05, 0.1) is 37.3 Å². The fraction of sp³-hybridized carbons (Fsp3) is 0.618. The third-order valence-corrected chi connectivity index (χ3v) is 9.82. The minimum Gasteiger partial charge on any atom is -0.494 e. The number of morpholine rings is 1. The monoisotopic (exact) mass is 624 g/mol. The highest BCUT2D eigenvalue weighted by Gasteiger charge is 2.78. The highest BCUT2D eigenvalue weighted by Crippen LogP contribution is 2.63. The van der Waals surface area contributed by atoms with Crippen molar-refractivity contribution in [1.82, 2.24) is 14.7 Å². The van der Waals surface area contributed by atoms with Crippen LogP contribution in [0.2, 0.25) is 0 Å². The summed E-state index contributed by atoms with van der Waals surface area (Å²) >= 11 is 0. The number of nitrogens with zero attached hydrogens (tertiary/aromatic N) is 4. The molecule has 5 atom stereocenters. The minimum absolute atomic E-state index is 0.123. The van der Waals surface area contributed by atoms with Crippen LogP contribution in [-0.4, -0.2) is 127 Å². The van der Waals surface area contributed by atoms with Crippen LogP contribution < -0.4 is 9.64 Å². The number of aliphatic hydroxyl groups excluding tert-OH is 1. The van der Waals surface area contributed by atoms with Crippen molar-refractivity contribution in [2.24, 2.45) is 11.8 Å². The molecule has 4 aliphatic rings. The Kier molecular flexibility index (Phi) is 10.3. The predicted molar refractivity (Wildman–Crippen MR) is 170 cm³/mol. The molecule has 3 amide bonds. The lowest BCUT2D eigenvalue weighted by atomic mass is 9.66. The number of amides is 3. The van der Waals surface area contributed by atoms with E-state index in [1.54, 1.807) is 26.9 Å². The first-order valence-electron chi connectivity index (χ1n) is 16.2. The zero-order valence-electron chi connectivity index (χ0n) is 26.7. The molecule has 0 aliphatic carbocycles. The molecule has 5 rings (SSSR count). The summed E-state index contributed by atoms with van der Waals surface area (Å²) in [4.78, 5) is 50.8. The molecule has 4 fully saturated rings. The third kappa shape index (κ3) is 6.15. The van der Waals surface area contributed by atoms with Crippen LogP contribution in [0.25, 0.3) is 0 Å². The number of fused-ring (bicyclic) bond motifs is 1. The van der Waals surface area contributed by atoms with Gasteiger partial charge in [0, 0.05) is 58.1 Å². The van der Waals surface area contributed by atoms with Gasteiger partial charge in [0.25, 0.3) is 0 Å². The summed E-state index contributed by atoms with van der Waals surface area (Å²) in [6.07, 6.45) is 4.72. The van der Waals surface area contributed by atoms with E-state index in [2.05, 4.69) is 18.1 Å². The Labute approximate surface area is 266 Å². The van der Waals surface area contributed by atoms with E-state index in [0.717, 1.165) is 13.1 Å². The second-order valence-electron chi connectivity index (χ2n) is 12.5. The van der Waals surface area contributed by atoms with Crippen molar-refractivity contribution in [3.63, 3.8) is 0 Å². The molecule has 0 saturated carbocycles. The van der Waals surface area contributed by atoms with Gasteiger partial charge in [0.15, 0.2) is 0 Å². The zero-order valence-corrected chi connectivity index (χ0v) is 26.7. The van der Waals surface area contributed by atoms with Crippen LogP contribution in [-0.2, 0) is 23.9 Å². The molecule has 4 aliphatic heterocycles. The van der Waals surface area contributed by atoms with Gasteiger partial charge in [-0.1, -0.05) is 12.2 Å². The van der Waals surface area contributed by atoms with Crippen molar-refractivity contribution in [1.29, 1.82) is 0 Å². The van der Waals surface area contributed by atoms with Gasteiger partial charge < -0.3 is 34.0 Å². The number of ether oxygens (including phenoxy) is 3. The van der Waals surface area contributed by atoms with Gasteiger partial charge in [-0.25, -0.2) is 0 Å². The molecule has 2 unspecified atom stereocenters. The van der Waals surface area contributed by atoms with E-state index in [9.17, 15) is 19.5 Å². The Balaban J connectivity index is 1.47. The highest BCUT2D eigenvalue weighted by molar-refractivity contribution is 6.03. The maximum Gasteiger partial charge on any atom is 0.248 e. The lowest BCUT2D eigenvalue weighted by molar-refractivity contribution is -0.151. The Hall–Kier alpha value is -3.25. The van der Waals surface area contributed by atoms with Crippen molar-refractivity contribution in [3.05, 3.63) is 49.6 Å². The van der Waals surface area contributed by atoms with Crippen LogP contribution in [0, 0.1) is 11.8 Å². The van der Waals surface area contributed by atoms with E-state index in [1.807, 2.05) is 38.1 Å².